The Labute approximate surface area is 158 Å². The van der Waals surface area contributed by atoms with Gasteiger partial charge in [-0.25, -0.2) is 4.98 Å². The molecule has 0 amide bonds. The van der Waals surface area contributed by atoms with Gasteiger partial charge in [-0.3, -0.25) is 4.99 Å². The number of hydrogen-bond donors (Lipinski definition) is 3. The van der Waals surface area contributed by atoms with E-state index in [0.717, 1.165) is 30.9 Å². The van der Waals surface area contributed by atoms with Crippen molar-refractivity contribution in [3.05, 3.63) is 50.9 Å². The molecule has 2 aromatic rings. The number of aliphatic hydroxyl groups excluding tert-OH is 1. The van der Waals surface area contributed by atoms with Crippen molar-refractivity contribution < 1.29 is 5.11 Å². The maximum atomic E-state index is 10.3. The van der Waals surface area contributed by atoms with Crippen molar-refractivity contribution in [2.45, 2.75) is 32.8 Å². The van der Waals surface area contributed by atoms with Gasteiger partial charge in [-0.05, 0) is 19.4 Å². The monoisotopic (exact) mass is 380 g/mol. The summed E-state index contributed by atoms with van der Waals surface area (Å²) in [5.74, 6) is 0.681. The number of halogens is 1. The first-order chi connectivity index (χ1) is 12.1. The average Bonchev–Trinajstić information content (AvgIpc) is 3.08. The third kappa shape index (κ3) is 6.30. The van der Waals surface area contributed by atoms with Gasteiger partial charge in [-0.15, -0.1) is 11.3 Å². The predicted octanol–water partition coefficient (Wildman–Crippen LogP) is 3.19. The van der Waals surface area contributed by atoms with Crippen LogP contribution in [0.1, 0.15) is 35.4 Å². The summed E-state index contributed by atoms with van der Waals surface area (Å²) in [5, 5.41) is 18.4. The van der Waals surface area contributed by atoms with Crippen LogP contribution in [0.25, 0.3) is 0 Å². The number of aryl methyl sites for hydroxylation is 1. The number of aliphatic imine (C=N–C) groups is 1. The second-order valence-corrected chi connectivity index (χ2v) is 7.11. The molecule has 136 valence electrons. The highest BCUT2D eigenvalue weighted by Gasteiger charge is 2.11. The summed E-state index contributed by atoms with van der Waals surface area (Å²) in [6, 6.07) is 7.29. The zero-order valence-corrected chi connectivity index (χ0v) is 16.2. The molecule has 0 bridgehead atoms. The van der Waals surface area contributed by atoms with Gasteiger partial charge in [-0.2, -0.15) is 0 Å². The molecule has 0 aliphatic carbocycles. The van der Waals surface area contributed by atoms with E-state index in [1.165, 1.54) is 4.88 Å². The standard InChI is InChI=1S/C18H25ClN4OS/c1-3-13-11-22-17(25-13)9-10-21-18(20-4-2)23-12-16(24)14-7-5-6-8-15(14)19/h5-8,11,16,24H,3-4,9-10,12H2,1-2H3,(H2,20,21,23). The summed E-state index contributed by atoms with van der Waals surface area (Å²) in [5.41, 5.74) is 0.693. The van der Waals surface area contributed by atoms with Crippen LogP contribution in [0.2, 0.25) is 5.02 Å². The molecule has 0 saturated carbocycles. The highest BCUT2D eigenvalue weighted by Crippen LogP contribution is 2.22. The first-order valence-corrected chi connectivity index (χ1v) is 9.71. The van der Waals surface area contributed by atoms with Gasteiger partial charge in [0, 0.05) is 41.2 Å². The number of benzene rings is 1. The van der Waals surface area contributed by atoms with Crippen LogP contribution >= 0.6 is 22.9 Å². The molecule has 5 nitrogen and oxygen atoms in total. The molecule has 1 aromatic carbocycles. The normalized spacial score (nSPS) is 12.9. The van der Waals surface area contributed by atoms with E-state index in [4.69, 9.17) is 11.6 Å². The Morgan fingerprint density at radius 2 is 2.12 bits per heavy atom. The number of guanidine groups is 1. The zero-order chi connectivity index (χ0) is 18.1. The smallest absolute Gasteiger partial charge is 0.191 e. The highest BCUT2D eigenvalue weighted by atomic mass is 35.5. The van der Waals surface area contributed by atoms with E-state index in [-0.39, 0.29) is 6.54 Å². The Bertz CT molecular complexity index is 689. The van der Waals surface area contributed by atoms with Crippen LogP contribution in [0.5, 0.6) is 0 Å². The molecule has 25 heavy (non-hydrogen) atoms. The van der Waals surface area contributed by atoms with E-state index >= 15 is 0 Å². The Balaban J connectivity index is 1.88. The fourth-order valence-electron chi connectivity index (χ4n) is 2.28. The quantitative estimate of drug-likeness (QED) is 0.486. The summed E-state index contributed by atoms with van der Waals surface area (Å²) < 4.78 is 0. The Morgan fingerprint density at radius 1 is 1.32 bits per heavy atom. The van der Waals surface area contributed by atoms with Gasteiger partial charge >= 0.3 is 0 Å². The third-order valence-electron chi connectivity index (χ3n) is 3.61. The third-order valence-corrected chi connectivity index (χ3v) is 5.16. The molecule has 0 aliphatic rings. The SMILES string of the molecule is CCNC(=NCC(O)c1ccccc1Cl)NCCc1ncc(CC)s1. The molecule has 3 N–H and O–H groups in total. The minimum absolute atomic E-state index is 0.246. The fraction of sp³-hybridized carbons (Fsp3) is 0.444. The summed E-state index contributed by atoms with van der Waals surface area (Å²) in [6.07, 6.45) is 3.09. The molecule has 0 saturated heterocycles. The Hall–Kier alpha value is -1.63. The Kier molecular flexibility index (Phi) is 8.18. The number of aliphatic hydroxyl groups is 1. The topological polar surface area (TPSA) is 69.5 Å². The van der Waals surface area contributed by atoms with E-state index in [1.807, 2.05) is 31.3 Å². The molecular formula is C18H25ClN4OS. The molecule has 1 heterocycles. The van der Waals surface area contributed by atoms with Crippen LogP contribution in [0.3, 0.4) is 0 Å². The lowest BCUT2D eigenvalue weighted by molar-refractivity contribution is 0.187. The summed E-state index contributed by atoms with van der Waals surface area (Å²) in [7, 11) is 0. The van der Waals surface area contributed by atoms with Crippen LogP contribution < -0.4 is 10.6 Å². The van der Waals surface area contributed by atoms with Crippen LogP contribution in [0, 0.1) is 0 Å². The van der Waals surface area contributed by atoms with E-state index in [2.05, 4.69) is 27.5 Å². The molecule has 2 rings (SSSR count). The number of nitrogens with one attached hydrogen (secondary N) is 2. The number of hydrogen-bond acceptors (Lipinski definition) is 4. The molecule has 1 unspecified atom stereocenters. The van der Waals surface area contributed by atoms with Crippen LogP contribution in [0.4, 0.5) is 0 Å². The van der Waals surface area contributed by atoms with E-state index in [9.17, 15) is 5.11 Å². The highest BCUT2D eigenvalue weighted by molar-refractivity contribution is 7.11. The average molecular weight is 381 g/mol. The van der Waals surface area contributed by atoms with E-state index in [1.54, 1.807) is 17.4 Å². The minimum Gasteiger partial charge on any atom is -0.386 e. The number of thiazole rings is 1. The van der Waals surface area contributed by atoms with E-state index < -0.39 is 6.10 Å². The lowest BCUT2D eigenvalue weighted by atomic mass is 10.1. The predicted molar refractivity (Wildman–Crippen MR) is 106 cm³/mol. The summed E-state index contributed by atoms with van der Waals surface area (Å²) in [6.45, 7) is 5.89. The zero-order valence-electron chi connectivity index (χ0n) is 14.6. The number of rotatable bonds is 8. The first-order valence-electron chi connectivity index (χ1n) is 8.52. The fourth-order valence-corrected chi connectivity index (χ4v) is 3.40. The van der Waals surface area contributed by atoms with Gasteiger partial charge in [0.1, 0.15) is 6.10 Å². The molecule has 0 spiro atoms. The van der Waals surface area contributed by atoms with Crippen molar-refractivity contribution in [2.75, 3.05) is 19.6 Å². The lowest BCUT2D eigenvalue weighted by Crippen LogP contribution is -2.38. The van der Waals surface area contributed by atoms with Gasteiger partial charge in [0.15, 0.2) is 5.96 Å². The second-order valence-electron chi connectivity index (χ2n) is 5.51. The maximum absolute atomic E-state index is 10.3. The van der Waals surface area contributed by atoms with E-state index in [0.29, 0.717) is 16.5 Å². The second kappa shape index (κ2) is 10.4. The molecule has 0 aliphatic heterocycles. The van der Waals surface area contributed by atoms with Crippen molar-refractivity contribution in [1.82, 2.24) is 15.6 Å². The Morgan fingerprint density at radius 3 is 2.80 bits per heavy atom. The van der Waals surface area contributed by atoms with Crippen LogP contribution in [-0.4, -0.2) is 35.7 Å². The first kappa shape index (κ1) is 19.7. The van der Waals surface area contributed by atoms with Crippen molar-refractivity contribution >= 4 is 28.9 Å². The number of aromatic nitrogens is 1. The maximum Gasteiger partial charge on any atom is 0.191 e. The molecule has 1 atom stereocenters. The van der Waals surface area contributed by atoms with Crippen molar-refractivity contribution in [1.29, 1.82) is 0 Å². The number of nitrogens with zero attached hydrogens (tertiary/aromatic N) is 2. The summed E-state index contributed by atoms with van der Waals surface area (Å²) in [4.78, 5) is 10.2. The van der Waals surface area contributed by atoms with Crippen molar-refractivity contribution in [3.63, 3.8) is 0 Å². The van der Waals surface area contributed by atoms with Crippen molar-refractivity contribution in [3.8, 4) is 0 Å². The van der Waals surface area contributed by atoms with Gasteiger partial charge in [0.2, 0.25) is 0 Å². The lowest BCUT2D eigenvalue weighted by Gasteiger charge is -2.13. The van der Waals surface area contributed by atoms with Crippen LogP contribution in [0.15, 0.2) is 35.5 Å². The van der Waals surface area contributed by atoms with Gasteiger partial charge in [0.05, 0.1) is 11.6 Å². The molecule has 1 aromatic heterocycles. The van der Waals surface area contributed by atoms with Crippen molar-refractivity contribution in [2.24, 2.45) is 4.99 Å². The van der Waals surface area contributed by atoms with Gasteiger partial charge < -0.3 is 15.7 Å². The largest absolute Gasteiger partial charge is 0.386 e. The minimum atomic E-state index is -0.727. The van der Waals surface area contributed by atoms with Crippen LogP contribution in [-0.2, 0) is 12.8 Å². The molecule has 7 heteroatoms. The molecular weight excluding hydrogens is 356 g/mol. The molecule has 0 radical (unpaired) electrons. The van der Waals surface area contributed by atoms with Gasteiger partial charge in [0.25, 0.3) is 0 Å². The molecule has 0 fully saturated rings. The summed E-state index contributed by atoms with van der Waals surface area (Å²) >= 11 is 7.86. The van der Waals surface area contributed by atoms with Gasteiger partial charge in [-0.1, -0.05) is 36.7 Å².